The molecule has 4 heterocycles. The zero-order chi connectivity index (χ0) is 22.5. The van der Waals surface area contributed by atoms with Crippen LogP contribution in [-0.4, -0.2) is 58.2 Å². The van der Waals surface area contributed by atoms with Gasteiger partial charge in [-0.2, -0.15) is 5.26 Å². The van der Waals surface area contributed by atoms with Crippen LogP contribution in [0.15, 0.2) is 47.4 Å². The molecular weight excluding hydrogens is 404 g/mol. The Hall–Kier alpha value is -3.54. The Labute approximate surface area is 185 Å². The van der Waals surface area contributed by atoms with Gasteiger partial charge in [-0.15, -0.1) is 0 Å². The fourth-order valence-corrected chi connectivity index (χ4v) is 5.18. The lowest BCUT2D eigenvalue weighted by atomic mass is 9.68. The highest BCUT2D eigenvalue weighted by molar-refractivity contribution is 6.01. The van der Waals surface area contributed by atoms with Gasteiger partial charge in [-0.1, -0.05) is 0 Å². The van der Waals surface area contributed by atoms with Crippen molar-refractivity contribution < 1.29 is 4.79 Å². The topological polar surface area (TPSA) is 107 Å². The van der Waals surface area contributed by atoms with Gasteiger partial charge >= 0.3 is 0 Å². The third kappa shape index (κ3) is 3.18. The van der Waals surface area contributed by atoms with E-state index in [-0.39, 0.29) is 22.8 Å². The van der Waals surface area contributed by atoms with Crippen molar-refractivity contribution in [1.82, 2.24) is 25.0 Å². The van der Waals surface area contributed by atoms with Crippen molar-refractivity contribution in [2.75, 3.05) is 26.7 Å². The van der Waals surface area contributed by atoms with Gasteiger partial charge in [-0.05, 0) is 62.8 Å². The molecule has 2 unspecified atom stereocenters. The van der Waals surface area contributed by atoms with Gasteiger partial charge in [0.2, 0.25) is 0 Å². The van der Waals surface area contributed by atoms with E-state index in [1.54, 1.807) is 36.5 Å². The summed E-state index contributed by atoms with van der Waals surface area (Å²) in [5.41, 5.74) is 3.58. The molecule has 0 radical (unpaired) electrons. The highest BCUT2D eigenvalue weighted by Crippen LogP contribution is 2.43. The van der Waals surface area contributed by atoms with Crippen molar-refractivity contribution >= 4 is 5.78 Å². The van der Waals surface area contributed by atoms with E-state index >= 15 is 0 Å². The molecule has 0 amide bonds. The Morgan fingerprint density at radius 3 is 2.75 bits per heavy atom. The summed E-state index contributed by atoms with van der Waals surface area (Å²) in [4.78, 5) is 32.3. The first-order chi connectivity index (χ1) is 15.4. The molecule has 8 heteroatoms. The van der Waals surface area contributed by atoms with Crippen LogP contribution in [0.3, 0.4) is 0 Å². The molecule has 1 aromatic carbocycles. The average Bonchev–Trinajstić information content (AvgIpc) is 3.42. The van der Waals surface area contributed by atoms with Crippen LogP contribution in [-0.2, 0) is 0 Å². The number of carbonyl (C=O) groups is 1. The minimum Gasteiger partial charge on any atom is -0.316 e. The lowest BCUT2D eigenvalue weighted by Gasteiger charge is -2.53. The van der Waals surface area contributed by atoms with Crippen LogP contribution in [0.5, 0.6) is 0 Å². The molecular formula is C24H24N6O2. The molecule has 2 saturated heterocycles. The van der Waals surface area contributed by atoms with Crippen LogP contribution >= 0.6 is 0 Å². The molecule has 2 aliphatic rings. The van der Waals surface area contributed by atoms with E-state index in [9.17, 15) is 9.59 Å². The predicted molar refractivity (Wildman–Crippen MR) is 120 cm³/mol. The number of ketones is 1. The molecule has 2 atom stereocenters. The molecule has 3 aromatic rings. The van der Waals surface area contributed by atoms with Crippen molar-refractivity contribution in [2.45, 2.75) is 19.4 Å². The number of pyridine rings is 1. The fourth-order valence-electron chi connectivity index (χ4n) is 5.18. The number of aromatic nitrogens is 3. The molecule has 5 rings (SSSR count). The maximum atomic E-state index is 13.2. The molecule has 2 N–H and O–H groups in total. The van der Waals surface area contributed by atoms with Gasteiger partial charge in [0, 0.05) is 36.3 Å². The van der Waals surface area contributed by atoms with Gasteiger partial charge in [-0.25, -0.2) is 4.68 Å². The number of carbonyl (C=O) groups excluding carboxylic acids is 1. The number of H-pyrrole nitrogens is 1. The summed E-state index contributed by atoms with van der Waals surface area (Å²) in [7, 11) is 1.99. The Balaban J connectivity index is 1.40. The second kappa shape index (κ2) is 7.55. The van der Waals surface area contributed by atoms with Crippen LogP contribution in [0, 0.1) is 23.7 Å². The van der Waals surface area contributed by atoms with Crippen molar-refractivity contribution in [3.8, 4) is 23.1 Å². The summed E-state index contributed by atoms with van der Waals surface area (Å²) in [5, 5.41) is 15.5. The first-order valence-corrected chi connectivity index (χ1v) is 10.7. The number of nitriles is 1. The Bertz CT molecular complexity index is 1290. The summed E-state index contributed by atoms with van der Waals surface area (Å²) in [5.74, 6) is 0.0979. The number of hydrogen-bond acceptors (Lipinski definition) is 6. The fraction of sp³-hybridized carbons (Fsp3) is 0.333. The average molecular weight is 428 g/mol. The van der Waals surface area contributed by atoms with Gasteiger partial charge < -0.3 is 5.32 Å². The monoisotopic (exact) mass is 428 g/mol. The number of likely N-dealkylation sites (tertiary alicyclic amines) is 1. The Morgan fingerprint density at radius 1 is 1.28 bits per heavy atom. The Kier molecular flexibility index (Phi) is 4.81. The standard InChI is InChI=1S/C24H24N6O2/c1-15-9-16(11-25)3-6-20(15)30-21(31)10-19(28-30)18-5-4-17(12-27-18)22(32)23-24(14-29(23)2)7-8-26-13-24/h3-6,9-10,12,23,26,28H,7-8,13-14H2,1-2H3. The van der Waals surface area contributed by atoms with Crippen molar-refractivity contribution in [3.05, 3.63) is 69.6 Å². The lowest BCUT2D eigenvalue weighted by molar-refractivity contribution is -0.0252. The summed E-state index contributed by atoms with van der Waals surface area (Å²) >= 11 is 0. The van der Waals surface area contributed by atoms with E-state index in [1.165, 1.54) is 10.7 Å². The highest BCUT2D eigenvalue weighted by Gasteiger charge is 2.55. The van der Waals surface area contributed by atoms with Crippen LogP contribution < -0.4 is 10.9 Å². The van der Waals surface area contributed by atoms with E-state index in [0.717, 1.165) is 31.6 Å². The molecule has 2 fully saturated rings. The molecule has 0 bridgehead atoms. The van der Waals surface area contributed by atoms with Crippen LogP contribution in [0.4, 0.5) is 0 Å². The van der Waals surface area contributed by atoms with Crippen molar-refractivity contribution in [1.29, 1.82) is 5.26 Å². The molecule has 8 nitrogen and oxygen atoms in total. The third-order valence-corrected chi connectivity index (χ3v) is 6.72. The molecule has 2 aliphatic heterocycles. The molecule has 1 spiro atoms. The quantitative estimate of drug-likeness (QED) is 0.615. The number of hydrogen-bond donors (Lipinski definition) is 2. The molecule has 0 aliphatic carbocycles. The van der Waals surface area contributed by atoms with E-state index in [4.69, 9.17) is 5.26 Å². The molecule has 0 saturated carbocycles. The second-order valence-electron chi connectivity index (χ2n) is 8.86. The first kappa shape index (κ1) is 20.4. The lowest BCUT2D eigenvalue weighted by Crippen LogP contribution is -2.67. The summed E-state index contributed by atoms with van der Waals surface area (Å²) < 4.78 is 1.44. The van der Waals surface area contributed by atoms with Crippen LogP contribution in [0.1, 0.15) is 27.9 Å². The van der Waals surface area contributed by atoms with Crippen LogP contribution in [0.25, 0.3) is 17.1 Å². The van der Waals surface area contributed by atoms with E-state index < -0.39 is 0 Å². The largest absolute Gasteiger partial charge is 0.316 e. The Morgan fingerprint density at radius 2 is 2.12 bits per heavy atom. The maximum Gasteiger partial charge on any atom is 0.271 e. The molecule has 162 valence electrons. The van der Waals surface area contributed by atoms with E-state index in [2.05, 4.69) is 26.4 Å². The van der Waals surface area contributed by atoms with Crippen LogP contribution in [0.2, 0.25) is 0 Å². The van der Waals surface area contributed by atoms with Crippen molar-refractivity contribution in [2.24, 2.45) is 5.41 Å². The predicted octanol–water partition coefficient (Wildman–Crippen LogP) is 1.88. The summed E-state index contributed by atoms with van der Waals surface area (Å²) in [6.45, 7) is 4.62. The van der Waals surface area contributed by atoms with Gasteiger partial charge in [0.05, 0.1) is 34.7 Å². The van der Waals surface area contributed by atoms with Gasteiger partial charge in [0.15, 0.2) is 5.78 Å². The number of likely N-dealkylation sites (N-methyl/N-ethyl adjacent to an activating group) is 1. The van der Waals surface area contributed by atoms with Gasteiger partial charge in [0.25, 0.3) is 5.56 Å². The number of nitrogens with zero attached hydrogens (tertiary/aromatic N) is 4. The van der Waals surface area contributed by atoms with Gasteiger partial charge in [0.1, 0.15) is 0 Å². The highest BCUT2D eigenvalue weighted by atomic mass is 16.1. The second-order valence-corrected chi connectivity index (χ2v) is 8.86. The summed E-state index contributed by atoms with van der Waals surface area (Å²) in [6, 6.07) is 12.2. The number of nitrogens with one attached hydrogen (secondary N) is 2. The van der Waals surface area contributed by atoms with E-state index in [0.29, 0.717) is 28.2 Å². The number of Topliss-reactive ketones (excluding diaryl/α,β-unsaturated/α-hetero) is 1. The number of rotatable bonds is 4. The normalized spacial score (nSPS) is 22.6. The van der Waals surface area contributed by atoms with Gasteiger partial charge in [-0.3, -0.25) is 24.6 Å². The first-order valence-electron chi connectivity index (χ1n) is 10.7. The number of benzene rings is 1. The van der Waals surface area contributed by atoms with Crippen molar-refractivity contribution in [3.63, 3.8) is 0 Å². The zero-order valence-electron chi connectivity index (χ0n) is 18.1. The summed E-state index contributed by atoms with van der Waals surface area (Å²) in [6.07, 6.45) is 2.62. The molecule has 32 heavy (non-hydrogen) atoms. The minimum atomic E-state index is -0.221. The third-order valence-electron chi connectivity index (χ3n) is 6.72. The number of aromatic amines is 1. The number of aryl methyl sites for hydroxylation is 1. The zero-order valence-corrected chi connectivity index (χ0v) is 18.1. The molecule has 2 aromatic heterocycles. The van der Waals surface area contributed by atoms with E-state index in [1.807, 2.05) is 14.0 Å². The SMILES string of the molecule is Cc1cc(C#N)ccc1-n1[nH]c(-c2ccc(C(=O)C3N(C)CC34CCNC4)cn2)cc1=O. The minimum absolute atomic E-state index is 0.0336. The smallest absolute Gasteiger partial charge is 0.271 e. The maximum absolute atomic E-state index is 13.2.